The van der Waals surface area contributed by atoms with Crippen molar-refractivity contribution >= 4 is 32.5 Å². The molecular formula is C8H9N2O4S2-. The lowest BCUT2D eigenvalue weighted by molar-refractivity contribution is 0.542. The van der Waals surface area contributed by atoms with Crippen LogP contribution in [0, 0.1) is 0 Å². The summed E-state index contributed by atoms with van der Waals surface area (Å²) in [6.07, 6.45) is 0. The Kier molecular flexibility index (Phi) is 2.87. The highest BCUT2D eigenvalue weighted by Gasteiger charge is 2.26. The van der Waals surface area contributed by atoms with E-state index in [-0.39, 0.29) is 16.3 Å². The highest BCUT2D eigenvalue weighted by Crippen LogP contribution is 2.32. The maximum atomic E-state index is 11.8. The highest BCUT2D eigenvalue weighted by atomic mass is 32.2. The maximum Gasteiger partial charge on any atom is 0.184 e. The maximum absolute atomic E-state index is 11.8. The molecule has 16 heavy (non-hydrogen) atoms. The van der Waals surface area contributed by atoms with Crippen molar-refractivity contribution in [1.82, 2.24) is 0 Å². The van der Waals surface area contributed by atoms with Gasteiger partial charge in [-0.2, -0.15) is 0 Å². The number of fused-ring (bicyclic) bond motifs is 1. The van der Waals surface area contributed by atoms with Crippen molar-refractivity contribution in [2.24, 2.45) is 0 Å². The van der Waals surface area contributed by atoms with Crippen LogP contribution in [-0.4, -0.2) is 29.5 Å². The summed E-state index contributed by atoms with van der Waals surface area (Å²) in [5, 5.41) is 2.91. The van der Waals surface area contributed by atoms with Gasteiger partial charge in [-0.25, -0.2) is 8.42 Å². The Labute approximate surface area is 95.4 Å². The lowest BCUT2D eigenvalue weighted by Crippen LogP contribution is -2.24. The van der Waals surface area contributed by atoms with Crippen molar-refractivity contribution in [1.29, 1.82) is 0 Å². The fraction of sp³-hybridized carbons (Fsp3) is 0.250. The van der Waals surface area contributed by atoms with Gasteiger partial charge in [-0.3, -0.25) is 4.21 Å². The van der Waals surface area contributed by atoms with E-state index in [2.05, 4.69) is 10.0 Å². The van der Waals surface area contributed by atoms with E-state index in [0.29, 0.717) is 12.2 Å². The smallest absolute Gasteiger partial charge is 0.184 e. The topological polar surface area (TPSA) is 98.3 Å². The van der Waals surface area contributed by atoms with Gasteiger partial charge in [0.25, 0.3) is 0 Å². The largest absolute Gasteiger partial charge is 0.755 e. The Morgan fingerprint density at radius 1 is 1.44 bits per heavy atom. The standard InChI is InChI=1S/C8H10N2O4S2/c11-15(12)10-7-3-1-2-6-8(7)16(13,14)5-4-9-6/h1-3,9-10H,4-5H2,(H,11,12)/p-1. The fourth-order valence-corrected chi connectivity index (χ4v) is 3.52. The quantitative estimate of drug-likeness (QED) is 0.735. The molecule has 0 radical (unpaired) electrons. The summed E-state index contributed by atoms with van der Waals surface area (Å²) in [5.41, 5.74) is 0.514. The molecule has 1 unspecified atom stereocenters. The third kappa shape index (κ3) is 2.04. The molecule has 1 atom stereocenters. The van der Waals surface area contributed by atoms with Gasteiger partial charge in [0, 0.05) is 17.8 Å². The lowest BCUT2D eigenvalue weighted by atomic mass is 10.3. The van der Waals surface area contributed by atoms with E-state index >= 15 is 0 Å². The molecule has 8 heteroatoms. The average Bonchev–Trinajstić information content (AvgIpc) is 2.15. The number of benzene rings is 1. The van der Waals surface area contributed by atoms with Crippen molar-refractivity contribution in [3.05, 3.63) is 18.2 Å². The molecule has 1 aliphatic rings. The van der Waals surface area contributed by atoms with Gasteiger partial charge in [0.1, 0.15) is 4.90 Å². The molecule has 0 amide bonds. The molecular weight excluding hydrogens is 252 g/mol. The summed E-state index contributed by atoms with van der Waals surface area (Å²) in [6, 6.07) is 4.60. The minimum Gasteiger partial charge on any atom is -0.755 e. The zero-order chi connectivity index (χ0) is 11.8. The van der Waals surface area contributed by atoms with Crippen molar-refractivity contribution in [3.63, 3.8) is 0 Å². The SMILES string of the molecule is O=S([O-])Nc1cccc2c1S(=O)(=O)CCN2. The minimum absolute atomic E-state index is 0.0189. The molecule has 0 spiro atoms. The van der Waals surface area contributed by atoms with Crippen LogP contribution in [0.25, 0.3) is 0 Å². The number of hydrogen-bond donors (Lipinski definition) is 2. The molecule has 0 saturated heterocycles. The fourth-order valence-electron chi connectivity index (χ4n) is 1.60. The average molecular weight is 261 g/mol. The molecule has 0 aliphatic carbocycles. The van der Waals surface area contributed by atoms with E-state index in [1.165, 1.54) is 6.07 Å². The summed E-state index contributed by atoms with van der Waals surface area (Å²) >= 11 is -2.54. The summed E-state index contributed by atoms with van der Waals surface area (Å²) in [4.78, 5) is 0.0189. The summed E-state index contributed by atoms with van der Waals surface area (Å²) in [5.74, 6) is -0.0375. The van der Waals surface area contributed by atoms with Crippen molar-refractivity contribution in [3.8, 4) is 0 Å². The van der Waals surface area contributed by atoms with Crippen LogP contribution in [0.4, 0.5) is 11.4 Å². The lowest BCUT2D eigenvalue weighted by Gasteiger charge is -2.21. The van der Waals surface area contributed by atoms with Crippen LogP contribution in [0.2, 0.25) is 0 Å². The van der Waals surface area contributed by atoms with Gasteiger partial charge in [-0.15, -0.1) is 0 Å². The van der Waals surface area contributed by atoms with Crippen LogP contribution < -0.4 is 10.0 Å². The Hall–Kier alpha value is -1.12. The van der Waals surface area contributed by atoms with E-state index in [9.17, 15) is 17.2 Å². The molecule has 1 aromatic rings. The predicted molar refractivity (Wildman–Crippen MR) is 59.5 cm³/mol. The summed E-state index contributed by atoms with van der Waals surface area (Å²) in [7, 11) is -3.42. The number of rotatable bonds is 2. The van der Waals surface area contributed by atoms with Crippen molar-refractivity contribution < 1.29 is 17.2 Å². The van der Waals surface area contributed by atoms with Crippen LogP contribution in [-0.2, 0) is 21.1 Å². The normalized spacial score (nSPS) is 19.3. The molecule has 1 aromatic carbocycles. The zero-order valence-electron chi connectivity index (χ0n) is 8.10. The first-order valence-electron chi connectivity index (χ1n) is 4.46. The van der Waals surface area contributed by atoms with E-state index in [4.69, 9.17) is 0 Å². The van der Waals surface area contributed by atoms with Gasteiger partial charge >= 0.3 is 0 Å². The molecule has 6 nitrogen and oxygen atoms in total. The number of sulfone groups is 1. The Morgan fingerprint density at radius 3 is 2.88 bits per heavy atom. The first-order valence-corrected chi connectivity index (χ1v) is 7.19. The van der Waals surface area contributed by atoms with E-state index < -0.39 is 21.1 Å². The zero-order valence-corrected chi connectivity index (χ0v) is 9.73. The van der Waals surface area contributed by atoms with Gasteiger partial charge in [0.15, 0.2) is 9.84 Å². The molecule has 2 rings (SSSR count). The van der Waals surface area contributed by atoms with Crippen molar-refractivity contribution in [2.75, 3.05) is 22.3 Å². The van der Waals surface area contributed by atoms with E-state index in [0.717, 1.165) is 0 Å². The second-order valence-corrected chi connectivity index (χ2v) is 5.98. The van der Waals surface area contributed by atoms with Gasteiger partial charge in [0.2, 0.25) is 0 Å². The molecule has 1 aliphatic heterocycles. The third-order valence-electron chi connectivity index (χ3n) is 2.21. The second kappa shape index (κ2) is 4.04. The van der Waals surface area contributed by atoms with Crippen LogP contribution in [0.3, 0.4) is 0 Å². The molecule has 0 bridgehead atoms. The van der Waals surface area contributed by atoms with Gasteiger partial charge in [-0.1, -0.05) is 6.07 Å². The minimum atomic E-state index is -3.42. The Morgan fingerprint density at radius 2 is 2.19 bits per heavy atom. The van der Waals surface area contributed by atoms with Crippen LogP contribution >= 0.6 is 0 Å². The van der Waals surface area contributed by atoms with Gasteiger partial charge in [-0.05, 0) is 12.1 Å². The molecule has 2 N–H and O–H groups in total. The molecule has 0 saturated carbocycles. The van der Waals surface area contributed by atoms with Crippen LogP contribution in [0.15, 0.2) is 23.1 Å². The Bertz CT molecular complexity index is 541. The monoisotopic (exact) mass is 261 g/mol. The second-order valence-electron chi connectivity index (χ2n) is 3.26. The first-order chi connectivity index (χ1) is 7.50. The number of nitrogens with one attached hydrogen (secondary N) is 2. The molecule has 1 heterocycles. The molecule has 0 aromatic heterocycles. The number of hydrogen-bond acceptors (Lipinski definition) is 5. The first kappa shape index (κ1) is 11.4. The van der Waals surface area contributed by atoms with Gasteiger partial charge in [0.05, 0.1) is 17.1 Å². The van der Waals surface area contributed by atoms with Crippen LogP contribution in [0.5, 0.6) is 0 Å². The predicted octanol–water partition coefficient (Wildman–Crippen LogP) is 0.0918. The summed E-state index contributed by atoms with van der Waals surface area (Å²) in [6.45, 7) is 0.333. The summed E-state index contributed by atoms with van der Waals surface area (Å²) < 4.78 is 46.8. The van der Waals surface area contributed by atoms with E-state index in [1.807, 2.05) is 0 Å². The van der Waals surface area contributed by atoms with Crippen molar-refractivity contribution in [2.45, 2.75) is 4.90 Å². The Balaban J connectivity index is 2.60. The van der Waals surface area contributed by atoms with Crippen LogP contribution in [0.1, 0.15) is 0 Å². The third-order valence-corrected chi connectivity index (χ3v) is 4.40. The van der Waals surface area contributed by atoms with Gasteiger partial charge < -0.3 is 14.6 Å². The van der Waals surface area contributed by atoms with E-state index in [1.54, 1.807) is 12.1 Å². The molecule has 0 fully saturated rings. The highest BCUT2D eigenvalue weighted by molar-refractivity contribution is 7.92. The molecule has 88 valence electrons. The number of anilines is 2.